The third-order valence-electron chi connectivity index (χ3n) is 4.49. The molecule has 0 bridgehead atoms. The largest absolute Gasteiger partial charge is 0.293 e. The molecule has 0 N–H and O–H groups in total. The Balaban J connectivity index is 1.72. The Morgan fingerprint density at radius 2 is 1.63 bits per heavy atom. The minimum absolute atomic E-state index is 0.275. The lowest BCUT2D eigenvalue weighted by Crippen LogP contribution is -2.14. The molecule has 0 fully saturated rings. The van der Waals surface area contributed by atoms with Gasteiger partial charge in [0.1, 0.15) is 0 Å². The van der Waals surface area contributed by atoms with Gasteiger partial charge in [-0.3, -0.25) is 4.79 Å². The highest BCUT2D eigenvalue weighted by Gasteiger charge is 2.39. The van der Waals surface area contributed by atoms with Crippen molar-refractivity contribution < 1.29 is 4.79 Å². The summed E-state index contributed by atoms with van der Waals surface area (Å²) in [6, 6.07) is 16.6. The number of fused-ring (bicyclic) bond motifs is 2. The summed E-state index contributed by atoms with van der Waals surface area (Å²) < 4.78 is 0. The Hall–Kier alpha value is -1.89. The Bertz CT molecular complexity index is 656. The first-order valence-corrected chi connectivity index (χ1v) is 6.91. The van der Waals surface area contributed by atoms with Gasteiger partial charge in [0.15, 0.2) is 5.78 Å². The average Bonchev–Trinajstić information content (AvgIpc) is 3.01. The van der Waals surface area contributed by atoms with Crippen LogP contribution in [0, 0.1) is 5.92 Å². The lowest BCUT2D eigenvalue weighted by molar-refractivity contribution is 0.100. The van der Waals surface area contributed by atoms with E-state index in [9.17, 15) is 4.79 Å². The number of carbonyl (C=O) groups is 1. The minimum Gasteiger partial charge on any atom is -0.293 e. The predicted molar refractivity (Wildman–Crippen MR) is 75.2 cm³/mol. The molecule has 0 saturated carbocycles. The van der Waals surface area contributed by atoms with E-state index in [4.69, 9.17) is 0 Å². The maximum absolute atomic E-state index is 12.6. The van der Waals surface area contributed by atoms with Gasteiger partial charge in [-0.25, -0.2) is 0 Å². The normalized spacial score (nSPS) is 21.5. The predicted octanol–water partition coefficient (Wildman–Crippen LogP) is 3.73. The number of benzene rings is 2. The van der Waals surface area contributed by atoms with Gasteiger partial charge in [-0.1, -0.05) is 48.5 Å². The molecule has 0 amide bonds. The molecule has 0 spiro atoms. The van der Waals surface area contributed by atoms with Crippen LogP contribution in [0.4, 0.5) is 0 Å². The zero-order valence-electron chi connectivity index (χ0n) is 10.7. The van der Waals surface area contributed by atoms with E-state index in [-0.39, 0.29) is 5.78 Å². The first kappa shape index (κ1) is 11.0. The summed E-state index contributed by atoms with van der Waals surface area (Å²) in [6.07, 6.45) is 3.04. The van der Waals surface area contributed by atoms with Crippen LogP contribution < -0.4 is 0 Å². The van der Waals surface area contributed by atoms with Crippen LogP contribution in [0.1, 0.15) is 39.4 Å². The van der Waals surface area contributed by atoms with E-state index in [1.807, 2.05) is 18.2 Å². The van der Waals surface area contributed by atoms with E-state index in [2.05, 4.69) is 30.3 Å². The van der Waals surface area contributed by atoms with Gasteiger partial charge in [0, 0.05) is 5.56 Å². The van der Waals surface area contributed by atoms with Crippen LogP contribution in [0.25, 0.3) is 0 Å². The summed E-state index contributed by atoms with van der Waals surface area (Å²) in [7, 11) is 0. The van der Waals surface area contributed by atoms with Gasteiger partial charge in [0.05, 0.1) is 5.92 Å². The first-order valence-electron chi connectivity index (χ1n) is 6.91. The van der Waals surface area contributed by atoms with E-state index in [1.54, 1.807) is 0 Å². The van der Waals surface area contributed by atoms with Crippen molar-refractivity contribution in [2.75, 3.05) is 0 Å². The highest BCUT2D eigenvalue weighted by Crippen LogP contribution is 2.45. The molecule has 1 atom stereocenters. The van der Waals surface area contributed by atoms with Crippen molar-refractivity contribution in [3.8, 4) is 0 Å². The number of aryl methyl sites for hydroxylation is 1. The molecule has 0 heterocycles. The highest BCUT2D eigenvalue weighted by molar-refractivity contribution is 6.11. The zero-order valence-corrected chi connectivity index (χ0v) is 10.7. The highest BCUT2D eigenvalue weighted by atomic mass is 16.1. The second-order valence-electron chi connectivity index (χ2n) is 5.48. The molecule has 1 nitrogen and oxygen atoms in total. The van der Waals surface area contributed by atoms with E-state index in [0.29, 0.717) is 5.92 Å². The van der Waals surface area contributed by atoms with Gasteiger partial charge in [-0.2, -0.15) is 0 Å². The van der Waals surface area contributed by atoms with Gasteiger partial charge in [0.2, 0.25) is 0 Å². The number of hydrogen-bond acceptors (Lipinski definition) is 1. The summed E-state index contributed by atoms with van der Waals surface area (Å²) in [5, 5.41) is 0. The molecule has 4 rings (SSSR count). The molecule has 2 aliphatic rings. The molecule has 1 radical (unpaired) electrons. The van der Waals surface area contributed by atoms with Crippen LogP contribution in [-0.2, 0) is 12.8 Å². The lowest BCUT2D eigenvalue weighted by atomic mass is 9.84. The quantitative estimate of drug-likeness (QED) is 0.750. The van der Waals surface area contributed by atoms with Crippen LogP contribution in [0.3, 0.4) is 0 Å². The van der Waals surface area contributed by atoms with Crippen LogP contribution in [-0.4, -0.2) is 5.78 Å². The number of ketones is 1. The topological polar surface area (TPSA) is 17.1 Å². The molecule has 2 aliphatic carbocycles. The molecule has 93 valence electrons. The van der Waals surface area contributed by atoms with Gasteiger partial charge in [-0.15, -0.1) is 0 Å². The second-order valence-corrected chi connectivity index (χ2v) is 5.48. The number of hydrogen-bond donors (Lipinski definition) is 0. The molecule has 1 unspecified atom stereocenters. The van der Waals surface area contributed by atoms with Crippen LogP contribution in [0.15, 0.2) is 48.5 Å². The first-order chi connectivity index (χ1) is 9.34. The van der Waals surface area contributed by atoms with Gasteiger partial charge < -0.3 is 0 Å². The Morgan fingerprint density at radius 3 is 2.47 bits per heavy atom. The molecular weight excluding hydrogens is 232 g/mol. The monoisotopic (exact) mass is 247 g/mol. The molecular formula is C18H15O. The van der Waals surface area contributed by atoms with Crippen LogP contribution in [0.5, 0.6) is 0 Å². The SMILES string of the molecule is O=C1[C](C2CCc3ccccc32)Cc2ccccc21. The fourth-order valence-corrected chi connectivity index (χ4v) is 3.55. The molecule has 1 heteroatoms. The molecule has 2 aromatic rings. The fourth-order valence-electron chi connectivity index (χ4n) is 3.55. The van der Waals surface area contributed by atoms with Gasteiger partial charge in [-0.05, 0) is 41.9 Å². The summed E-state index contributed by atoms with van der Waals surface area (Å²) in [5.41, 5.74) is 4.91. The fraction of sp³-hybridized carbons (Fsp3) is 0.222. The van der Waals surface area contributed by atoms with E-state index in [0.717, 1.165) is 30.7 Å². The maximum atomic E-state index is 12.6. The average molecular weight is 247 g/mol. The third kappa shape index (κ3) is 1.58. The summed E-state index contributed by atoms with van der Waals surface area (Å²) in [4.78, 5) is 12.6. The maximum Gasteiger partial charge on any atom is 0.171 e. The lowest BCUT2D eigenvalue weighted by Gasteiger charge is -2.17. The summed E-state index contributed by atoms with van der Waals surface area (Å²) >= 11 is 0. The van der Waals surface area contributed by atoms with Crippen molar-refractivity contribution in [2.24, 2.45) is 0 Å². The summed E-state index contributed by atoms with van der Waals surface area (Å²) in [5.74, 6) is 1.72. The van der Waals surface area contributed by atoms with Crippen molar-refractivity contribution in [1.29, 1.82) is 0 Å². The second kappa shape index (κ2) is 4.06. The van der Waals surface area contributed by atoms with E-state index >= 15 is 0 Å². The van der Waals surface area contributed by atoms with Crippen LogP contribution in [0.2, 0.25) is 0 Å². The third-order valence-corrected chi connectivity index (χ3v) is 4.49. The number of carbonyl (C=O) groups excluding carboxylic acids is 1. The standard InChI is InChI=1S/C18H15O/c19-18-15-8-4-2-6-13(15)11-17(18)16-10-9-12-5-1-3-7-14(12)16/h1-8,16H,9-11H2. The van der Waals surface area contributed by atoms with E-state index < -0.39 is 0 Å². The minimum atomic E-state index is 0.275. The molecule has 0 saturated heterocycles. The van der Waals surface area contributed by atoms with Crippen molar-refractivity contribution in [2.45, 2.75) is 25.2 Å². The van der Waals surface area contributed by atoms with Gasteiger partial charge >= 0.3 is 0 Å². The van der Waals surface area contributed by atoms with E-state index in [1.165, 1.54) is 16.7 Å². The Labute approximate surface area is 113 Å². The van der Waals surface area contributed by atoms with Crippen molar-refractivity contribution in [3.63, 3.8) is 0 Å². The Kier molecular flexibility index (Phi) is 2.34. The molecule has 2 aromatic carbocycles. The molecule has 0 aromatic heterocycles. The smallest absolute Gasteiger partial charge is 0.171 e. The van der Waals surface area contributed by atoms with Crippen molar-refractivity contribution in [1.82, 2.24) is 0 Å². The summed E-state index contributed by atoms with van der Waals surface area (Å²) in [6.45, 7) is 0. The molecule has 19 heavy (non-hydrogen) atoms. The van der Waals surface area contributed by atoms with Gasteiger partial charge in [0.25, 0.3) is 0 Å². The number of Topliss-reactive ketones (excluding diaryl/α,β-unsaturated/α-hetero) is 1. The zero-order chi connectivity index (χ0) is 12.8. The number of rotatable bonds is 1. The van der Waals surface area contributed by atoms with Crippen molar-refractivity contribution >= 4 is 5.78 Å². The Morgan fingerprint density at radius 1 is 0.895 bits per heavy atom. The van der Waals surface area contributed by atoms with Crippen LogP contribution >= 0.6 is 0 Å². The molecule has 0 aliphatic heterocycles. The van der Waals surface area contributed by atoms with Crippen molar-refractivity contribution in [3.05, 3.63) is 76.7 Å².